The molecule has 1 aliphatic rings. The summed E-state index contributed by atoms with van der Waals surface area (Å²) in [5, 5.41) is 28.2. The fourth-order valence-electron chi connectivity index (χ4n) is 6.68. The second-order valence-corrected chi connectivity index (χ2v) is 15.9. The van der Waals surface area contributed by atoms with Crippen molar-refractivity contribution in [2.24, 2.45) is 0 Å². The first kappa shape index (κ1) is 45.3. The van der Waals surface area contributed by atoms with Crippen LogP contribution in [0.25, 0.3) is 11.1 Å². The summed E-state index contributed by atoms with van der Waals surface area (Å²) in [6.07, 6.45) is 2.98. The van der Waals surface area contributed by atoms with Gasteiger partial charge in [-0.3, -0.25) is 28.8 Å². The molecular weight excluding hydrogens is 797 g/mol. The zero-order chi connectivity index (χ0) is 43.7. The van der Waals surface area contributed by atoms with E-state index in [1.807, 2.05) is 66.1 Å². The Morgan fingerprint density at radius 2 is 1.08 bits per heavy atom. The minimum absolute atomic E-state index is 0.00446. The Labute approximate surface area is 358 Å². The van der Waals surface area contributed by atoms with Crippen LogP contribution in [-0.2, 0) is 52.8 Å². The van der Waals surface area contributed by atoms with Gasteiger partial charge in [-0.25, -0.2) is 4.79 Å². The highest BCUT2D eigenvalue weighted by Gasteiger charge is 2.33. The highest BCUT2D eigenvalue weighted by molar-refractivity contribution is 8.03. The molecule has 0 bridgehead atoms. The number of allylic oxidation sites excluding steroid dienone is 1. The van der Waals surface area contributed by atoms with Crippen LogP contribution in [0.1, 0.15) is 43.4 Å². The number of nitrogens with one attached hydrogen (secondary N) is 6. The van der Waals surface area contributed by atoms with Crippen molar-refractivity contribution < 1.29 is 38.7 Å². The molecule has 7 N–H and O–H groups in total. The van der Waals surface area contributed by atoms with Crippen LogP contribution < -0.4 is 31.9 Å². The molecule has 5 rings (SSSR count). The van der Waals surface area contributed by atoms with Crippen LogP contribution in [0.5, 0.6) is 0 Å². The molecule has 4 aromatic rings. The molecule has 0 spiro atoms. The Balaban J connectivity index is 1.36. The summed E-state index contributed by atoms with van der Waals surface area (Å²) in [4.78, 5) is 90.4. The molecule has 5 atom stereocenters. The molecule has 1 aliphatic heterocycles. The number of thioether (sulfide) groups is 1. The molecule has 0 aliphatic carbocycles. The molecule has 0 aromatic heterocycles. The average Bonchev–Trinajstić information content (AvgIpc) is 3.76. The Kier molecular flexibility index (Phi) is 16.8. The van der Waals surface area contributed by atoms with Gasteiger partial charge < -0.3 is 37.0 Å². The Morgan fingerprint density at radius 1 is 0.590 bits per heavy atom. The van der Waals surface area contributed by atoms with Crippen LogP contribution in [0.15, 0.2) is 121 Å². The van der Waals surface area contributed by atoms with Crippen molar-refractivity contribution in [1.29, 1.82) is 0 Å². The Hall–Kier alpha value is -6.74. The second kappa shape index (κ2) is 22.6. The standard InChI is InChI=1S/C46H50N6O8S/c1-29(53)47-28-42(55)49-36-21-17-33(18-22-36)26-41(46(59)60)52-44(57)38(24-31-10-5-3-6-11-31)50-43(56)39(25-32-15-19-35(20-16-32)34-12-7-4-8-13-34)51-45(58)40(48-30(2)54)27-37-14-9-23-61-37/h3-13,15-23,37-41H,14,24-28H2,1-2H3,(H,47,53)(H,48,54)(H,49,55)(H,50,56)(H,51,58)(H,52,57)(H,59,60)/t37?,38-,39+,40-,41+/m1/s1. The van der Waals surface area contributed by atoms with Gasteiger partial charge in [-0.15, -0.1) is 11.8 Å². The Bertz CT molecular complexity index is 2180. The molecular formula is C46H50N6O8S. The molecule has 1 unspecified atom stereocenters. The number of amides is 6. The van der Waals surface area contributed by atoms with Crippen molar-refractivity contribution in [3.63, 3.8) is 0 Å². The number of carboxylic acids is 1. The van der Waals surface area contributed by atoms with E-state index in [0.717, 1.165) is 23.1 Å². The maximum absolute atomic E-state index is 14.4. The summed E-state index contributed by atoms with van der Waals surface area (Å²) in [5.41, 5.74) is 4.34. The molecule has 15 heteroatoms. The SMILES string of the molecule is CC(=O)NCC(=O)Nc1ccc(C[C@H](NC(=O)[C@@H](Cc2ccccc2)NC(=O)[C@H](Cc2ccc(-c3ccccc3)cc2)NC(=O)[C@@H](CC2CC=CS2)NC(C)=O)C(=O)O)cc1. The van der Waals surface area contributed by atoms with Gasteiger partial charge in [0.2, 0.25) is 35.4 Å². The molecule has 1 heterocycles. The van der Waals surface area contributed by atoms with Gasteiger partial charge in [0.1, 0.15) is 24.2 Å². The maximum Gasteiger partial charge on any atom is 0.326 e. The van der Waals surface area contributed by atoms with Crippen LogP contribution in [-0.4, -0.2) is 82.5 Å². The van der Waals surface area contributed by atoms with Gasteiger partial charge in [0.05, 0.1) is 6.54 Å². The van der Waals surface area contributed by atoms with Crippen LogP contribution in [0.4, 0.5) is 5.69 Å². The van der Waals surface area contributed by atoms with E-state index >= 15 is 0 Å². The highest BCUT2D eigenvalue weighted by atomic mass is 32.2. The quantitative estimate of drug-likeness (QED) is 0.0687. The first-order valence-electron chi connectivity index (χ1n) is 19.9. The van der Waals surface area contributed by atoms with Gasteiger partial charge in [-0.05, 0) is 58.2 Å². The van der Waals surface area contributed by atoms with Gasteiger partial charge in [0.15, 0.2) is 0 Å². The minimum atomic E-state index is -1.40. The number of anilines is 1. The predicted molar refractivity (Wildman–Crippen MR) is 234 cm³/mol. The third-order valence-electron chi connectivity index (χ3n) is 9.80. The average molecular weight is 847 g/mol. The van der Waals surface area contributed by atoms with Crippen LogP contribution in [0, 0.1) is 0 Å². The summed E-state index contributed by atoms with van der Waals surface area (Å²) >= 11 is 1.56. The fraction of sp³-hybridized carbons (Fsp3) is 0.283. The molecule has 0 saturated heterocycles. The third kappa shape index (κ3) is 14.8. The van der Waals surface area contributed by atoms with E-state index in [0.29, 0.717) is 23.2 Å². The lowest BCUT2D eigenvalue weighted by molar-refractivity contribution is -0.142. The summed E-state index contributed by atoms with van der Waals surface area (Å²) in [6, 6.07) is 27.8. The van der Waals surface area contributed by atoms with Crippen LogP contribution in [0.3, 0.4) is 0 Å². The van der Waals surface area contributed by atoms with Crippen molar-refractivity contribution >= 4 is 58.9 Å². The number of carbonyl (C=O) groups excluding carboxylic acids is 6. The topological polar surface area (TPSA) is 212 Å². The van der Waals surface area contributed by atoms with Crippen molar-refractivity contribution in [2.45, 2.75) is 75.4 Å². The molecule has 61 heavy (non-hydrogen) atoms. The van der Waals surface area contributed by atoms with E-state index in [1.54, 1.807) is 66.4 Å². The summed E-state index contributed by atoms with van der Waals surface area (Å²) < 4.78 is 0. The summed E-state index contributed by atoms with van der Waals surface area (Å²) in [5.74, 6) is -4.51. The molecule has 318 valence electrons. The van der Waals surface area contributed by atoms with Crippen molar-refractivity contribution in [3.05, 3.63) is 137 Å². The predicted octanol–water partition coefficient (Wildman–Crippen LogP) is 3.91. The second-order valence-electron chi connectivity index (χ2n) is 14.7. The number of carbonyl (C=O) groups is 7. The van der Waals surface area contributed by atoms with Gasteiger partial charge in [0, 0.05) is 44.0 Å². The molecule has 0 saturated carbocycles. The first-order chi connectivity index (χ1) is 29.3. The number of benzene rings is 4. The monoisotopic (exact) mass is 846 g/mol. The van der Waals surface area contributed by atoms with Gasteiger partial charge in [-0.2, -0.15) is 0 Å². The van der Waals surface area contributed by atoms with E-state index in [2.05, 4.69) is 31.9 Å². The lowest BCUT2D eigenvalue weighted by atomic mass is 9.99. The smallest absolute Gasteiger partial charge is 0.326 e. The van der Waals surface area contributed by atoms with E-state index in [1.165, 1.54) is 13.8 Å². The molecule has 14 nitrogen and oxygen atoms in total. The van der Waals surface area contributed by atoms with Crippen molar-refractivity contribution in [1.82, 2.24) is 26.6 Å². The normalized spacial score (nSPS) is 15.0. The third-order valence-corrected chi connectivity index (χ3v) is 10.9. The first-order valence-corrected chi connectivity index (χ1v) is 20.8. The van der Waals surface area contributed by atoms with E-state index < -0.39 is 59.7 Å². The number of aliphatic carboxylic acids is 1. The number of hydrogen-bond acceptors (Lipinski definition) is 8. The largest absolute Gasteiger partial charge is 0.480 e. The zero-order valence-electron chi connectivity index (χ0n) is 33.9. The lowest BCUT2D eigenvalue weighted by Gasteiger charge is -2.27. The van der Waals surface area contributed by atoms with Gasteiger partial charge in [-0.1, -0.05) is 103 Å². The van der Waals surface area contributed by atoms with Crippen molar-refractivity contribution in [2.75, 3.05) is 11.9 Å². The van der Waals surface area contributed by atoms with E-state index in [9.17, 15) is 38.7 Å². The summed E-state index contributed by atoms with van der Waals surface area (Å²) in [7, 11) is 0. The van der Waals surface area contributed by atoms with Crippen LogP contribution in [0.2, 0.25) is 0 Å². The zero-order valence-corrected chi connectivity index (χ0v) is 34.7. The van der Waals surface area contributed by atoms with E-state index in [4.69, 9.17) is 0 Å². The molecule has 6 amide bonds. The highest BCUT2D eigenvalue weighted by Crippen LogP contribution is 2.28. The van der Waals surface area contributed by atoms with Gasteiger partial charge >= 0.3 is 5.97 Å². The van der Waals surface area contributed by atoms with E-state index in [-0.39, 0.29) is 37.0 Å². The number of carboxylic acid groups (broad SMARTS) is 1. The van der Waals surface area contributed by atoms with Crippen LogP contribution >= 0.6 is 11.8 Å². The lowest BCUT2D eigenvalue weighted by Crippen LogP contribution is -2.59. The Morgan fingerprint density at radius 3 is 1.61 bits per heavy atom. The molecule has 0 radical (unpaired) electrons. The molecule has 4 aromatic carbocycles. The number of rotatable bonds is 20. The summed E-state index contributed by atoms with van der Waals surface area (Å²) in [6.45, 7) is 2.40. The van der Waals surface area contributed by atoms with Gasteiger partial charge in [0.25, 0.3) is 0 Å². The number of hydrogen-bond donors (Lipinski definition) is 7. The fourth-order valence-corrected chi connectivity index (χ4v) is 7.65. The minimum Gasteiger partial charge on any atom is -0.480 e. The van der Waals surface area contributed by atoms with Crippen molar-refractivity contribution in [3.8, 4) is 11.1 Å². The molecule has 0 fully saturated rings. The maximum atomic E-state index is 14.4.